The summed E-state index contributed by atoms with van der Waals surface area (Å²) in [5.74, 6) is 0.852. The highest BCUT2D eigenvalue weighted by atomic mass is 35.5. The van der Waals surface area contributed by atoms with Gasteiger partial charge in [0.25, 0.3) is 0 Å². The molecule has 3 aromatic carbocycles. The number of Topliss-reactive ketones (excluding diaryl/α,β-unsaturated/α-hetero) is 1. The number of rotatable bonds is 10. The van der Waals surface area contributed by atoms with E-state index in [0.29, 0.717) is 12.2 Å². The number of hydrogen-bond acceptors (Lipinski definition) is 3. The lowest BCUT2D eigenvalue weighted by molar-refractivity contribution is 0.0950. The Balaban J connectivity index is 0.00000320. The summed E-state index contributed by atoms with van der Waals surface area (Å²) < 4.78 is 5.97. The van der Waals surface area contributed by atoms with Gasteiger partial charge in [-0.2, -0.15) is 0 Å². The zero-order chi connectivity index (χ0) is 20.5. The first-order valence-corrected chi connectivity index (χ1v) is 10.2. The molecule has 0 saturated heterocycles. The fourth-order valence-corrected chi connectivity index (χ4v) is 3.24. The first kappa shape index (κ1) is 23.7. The molecule has 0 saturated carbocycles. The Bertz CT molecular complexity index is 913. The van der Waals surface area contributed by atoms with Gasteiger partial charge in [0, 0.05) is 5.56 Å². The van der Waals surface area contributed by atoms with Crippen LogP contribution in [0.3, 0.4) is 0 Å². The molecule has 0 amide bonds. The maximum atomic E-state index is 12.8. The summed E-state index contributed by atoms with van der Waals surface area (Å²) in [4.78, 5) is 12.8. The highest BCUT2D eigenvalue weighted by Gasteiger charge is 2.16. The van der Waals surface area contributed by atoms with Crippen LogP contribution in [-0.4, -0.2) is 18.4 Å². The summed E-state index contributed by atoms with van der Waals surface area (Å²) in [6.07, 6.45) is 2.01. The average Bonchev–Trinajstić information content (AvgIpc) is 2.77. The van der Waals surface area contributed by atoms with Gasteiger partial charge in [-0.3, -0.25) is 4.79 Å². The van der Waals surface area contributed by atoms with E-state index in [1.54, 1.807) is 0 Å². The summed E-state index contributed by atoms with van der Waals surface area (Å²) in [5.41, 5.74) is 4.15. The fraction of sp³-hybridized carbons (Fsp3) is 0.269. The van der Waals surface area contributed by atoms with E-state index in [0.717, 1.165) is 36.3 Å². The number of halogens is 1. The van der Waals surface area contributed by atoms with Gasteiger partial charge in [0.05, 0.1) is 6.04 Å². The number of benzene rings is 3. The van der Waals surface area contributed by atoms with Gasteiger partial charge in [0.2, 0.25) is 0 Å². The first-order chi connectivity index (χ1) is 14.1. The summed E-state index contributed by atoms with van der Waals surface area (Å²) >= 11 is 0. The maximum Gasteiger partial charge on any atom is 0.179 e. The Hall–Kier alpha value is -2.62. The number of nitrogens with one attached hydrogen (secondary N) is 1. The van der Waals surface area contributed by atoms with Crippen LogP contribution in [0.2, 0.25) is 0 Å². The van der Waals surface area contributed by atoms with E-state index < -0.39 is 0 Å². The Kier molecular flexibility index (Phi) is 9.59. The summed E-state index contributed by atoms with van der Waals surface area (Å²) in [6, 6.07) is 25.9. The van der Waals surface area contributed by atoms with Crippen molar-refractivity contribution < 1.29 is 9.53 Å². The molecule has 0 heterocycles. The van der Waals surface area contributed by atoms with Crippen molar-refractivity contribution in [3.05, 3.63) is 101 Å². The molecule has 0 aliphatic rings. The molecule has 3 rings (SSSR count). The summed E-state index contributed by atoms with van der Waals surface area (Å²) in [5, 5.41) is 3.35. The largest absolute Gasteiger partial charge is 0.489 e. The molecule has 0 aliphatic carbocycles. The molecule has 1 atom stereocenters. The molecule has 158 valence electrons. The number of carbonyl (C=O) groups is 1. The van der Waals surface area contributed by atoms with Crippen LogP contribution in [0.5, 0.6) is 5.75 Å². The molecule has 3 aromatic rings. The Labute approximate surface area is 185 Å². The number of carbonyl (C=O) groups excluding carboxylic acids is 1. The van der Waals surface area contributed by atoms with Crippen molar-refractivity contribution in [2.24, 2.45) is 0 Å². The van der Waals surface area contributed by atoms with Gasteiger partial charge < -0.3 is 10.1 Å². The standard InChI is InChI=1S/C26H29NO2.ClH/c1-20-15-16-24(18-25(20)29-19-23-12-7-4-8-13-23)26(28)21(2)27-17-9-14-22-10-5-3-6-11-22;/h3-8,10-13,15-16,18,21,27H,9,14,17,19H2,1-2H3;1H. The predicted octanol–water partition coefficient (Wildman–Crippen LogP) is 5.79. The van der Waals surface area contributed by atoms with Gasteiger partial charge in [-0.1, -0.05) is 72.8 Å². The van der Waals surface area contributed by atoms with Crippen LogP contribution >= 0.6 is 12.4 Å². The molecule has 1 unspecified atom stereocenters. The quantitative estimate of drug-likeness (QED) is 0.331. The second-order valence-electron chi connectivity index (χ2n) is 7.38. The molecule has 0 aliphatic heterocycles. The summed E-state index contributed by atoms with van der Waals surface area (Å²) in [7, 11) is 0. The van der Waals surface area contributed by atoms with E-state index >= 15 is 0 Å². The monoisotopic (exact) mass is 423 g/mol. The Morgan fingerprint density at radius 1 is 0.933 bits per heavy atom. The first-order valence-electron chi connectivity index (χ1n) is 10.2. The second kappa shape index (κ2) is 12.2. The fourth-order valence-electron chi connectivity index (χ4n) is 3.24. The maximum absolute atomic E-state index is 12.8. The molecule has 30 heavy (non-hydrogen) atoms. The number of ether oxygens (including phenoxy) is 1. The van der Waals surface area contributed by atoms with Gasteiger partial charge >= 0.3 is 0 Å². The Morgan fingerprint density at radius 3 is 2.23 bits per heavy atom. The second-order valence-corrected chi connectivity index (χ2v) is 7.38. The molecular formula is C26H30ClNO2. The highest BCUT2D eigenvalue weighted by molar-refractivity contribution is 6.00. The molecule has 4 heteroatoms. The zero-order valence-corrected chi connectivity index (χ0v) is 18.5. The zero-order valence-electron chi connectivity index (χ0n) is 17.6. The number of hydrogen-bond donors (Lipinski definition) is 1. The van der Waals surface area contributed by atoms with Crippen molar-refractivity contribution >= 4 is 18.2 Å². The van der Waals surface area contributed by atoms with Crippen molar-refractivity contribution in [2.45, 2.75) is 39.3 Å². The lowest BCUT2D eigenvalue weighted by Gasteiger charge is -2.15. The van der Waals surface area contributed by atoms with E-state index in [9.17, 15) is 4.79 Å². The third-order valence-electron chi connectivity index (χ3n) is 5.04. The van der Waals surface area contributed by atoms with Crippen LogP contribution in [0.1, 0.15) is 40.4 Å². The molecule has 0 fully saturated rings. The third-order valence-corrected chi connectivity index (χ3v) is 5.04. The molecule has 0 aromatic heterocycles. The normalized spacial score (nSPS) is 11.4. The Morgan fingerprint density at radius 2 is 1.57 bits per heavy atom. The lowest BCUT2D eigenvalue weighted by atomic mass is 10.0. The van der Waals surface area contributed by atoms with Gasteiger partial charge in [-0.05, 0) is 56.0 Å². The van der Waals surface area contributed by atoms with Crippen LogP contribution in [0.15, 0.2) is 78.9 Å². The summed E-state index contributed by atoms with van der Waals surface area (Å²) in [6.45, 7) is 5.23. The minimum Gasteiger partial charge on any atom is -0.489 e. The van der Waals surface area contributed by atoms with Crippen molar-refractivity contribution in [3.8, 4) is 5.75 Å². The minimum atomic E-state index is -0.226. The molecular weight excluding hydrogens is 394 g/mol. The lowest BCUT2D eigenvalue weighted by Crippen LogP contribution is -2.34. The molecule has 0 radical (unpaired) electrons. The van der Waals surface area contributed by atoms with E-state index in [1.165, 1.54) is 5.56 Å². The topological polar surface area (TPSA) is 38.3 Å². The van der Waals surface area contributed by atoms with Crippen LogP contribution in [0.4, 0.5) is 0 Å². The van der Waals surface area contributed by atoms with Crippen LogP contribution < -0.4 is 10.1 Å². The van der Waals surface area contributed by atoms with Crippen LogP contribution in [0, 0.1) is 6.92 Å². The van der Waals surface area contributed by atoms with Gasteiger partial charge in [0.15, 0.2) is 5.78 Å². The smallest absolute Gasteiger partial charge is 0.179 e. The van der Waals surface area contributed by atoms with Crippen molar-refractivity contribution in [1.29, 1.82) is 0 Å². The van der Waals surface area contributed by atoms with Crippen LogP contribution in [-0.2, 0) is 13.0 Å². The number of ketones is 1. The van der Waals surface area contributed by atoms with E-state index in [1.807, 2.05) is 68.4 Å². The van der Waals surface area contributed by atoms with E-state index in [4.69, 9.17) is 4.74 Å². The highest BCUT2D eigenvalue weighted by Crippen LogP contribution is 2.22. The molecule has 0 bridgehead atoms. The van der Waals surface area contributed by atoms with Gasteiger partial charge in [0.1, 0.15) is 12.4 Å². The molecule has 3 nitrogen and oxygen atoms in total. The van der Waals surface area contributed by atoms with Gasteiger partial charge in [-0.25, -0.2) is 0 Å². The van der Waals surface area contributed by atoms with E-state index in [2.05, 4.69) is 29.6 Å². The molecule has 1 N–H and O–H groups in total. The molecule has 0 spiro atoms. The number of aryl methyl sites for hydroxylation is 2. The van der Waals surface area contributed by atoms with Crippen molar-refractivity contribution in [2.75, 3.05) is 6.54 Å². The minimum absolute atomic E-state index is 0. The van der Waals surface area contributed by atoms with Gasteiger partial charge in [-0.15, -0.1) is 12.4 Å². The third kappa shape index (κ3) is 7.01. The predicted molar refractivity (Wildman–Crippen MR) is 126 cm³/mol. The van der Waals surface area contributed by atoms with E-state index in [-0.39, 0.29) is 24.2 Å². The SMILES string of the molecule is Cc1ccc(C(=O)C(C)NCCCc2ccccc2)cc1OCc1ccccc1.Cl. The van der Waals surface area contributed by atoms with Crippen molar-refractivity contribution in [1.82, 2.24) is 5.32 Å². The van der Waals surface area contributed by atoms with Crippen LogP contribution in [0.25, 0.3) is 0 Å². The average molecular weight is 424 g/mol. The van der Waals surface area contributed by atoms with Crippen molar-refractivity contribution in [3.63, 3.8) is 0 Å².